The van der Waals surface area contributed by atoms with E-state index in [-0.39, 0.29) is 6.03 Å². The highest BCUT2D eigenvalue weighted by atomic mass is 16.4. The standard InChI is InChI=1S/C12H20N4O3/c1-9(11(17)18)3-6-13-12(19)14-7-4-10-5-8-15-16(10)2/h5,8-9H,3-4,6-7H2,1-2H3,(H,17,18)(H2,13,14,19). The van der Waals surface area contributed by atoms with E-state index in [0.717, 1.165) is 5.69 Å². The second-order valence-electron chi connectivity index (χ2n) is 4.41. The lowest BCUT2D eigenvalue weighted by Gasteiger charge is -2.09. The molecule has 0 radical (unpaired) electrons. The van der Waals surface area contributed by atoms with Crippen molar-refractivity contribution in [3.05, 3.63) is 18.0 Å². The van der Waals surface area contributed by atoms with Crippen LogP contribution in [0.15, 0.2) is 12.3 Å². The molecule has 1 aromatic rings. The number of hydrogen-bond donors (Lipinski definition) is 3. The first-order valence-corrected chi connectivity index (χ1v) is 6.22. The van der Waals surface area contributed by atoms with Crippen molar-refractivity contribution in [2.45, 2.75) is 19.8 Å². The highest BCUT2D eigenvalue weighted by molar-refractivity contribution is 5.74. The highest BCUT2D eigenvalue weighted by Gasteiger charge is 2.10. The molecule has 7 nitrogen and oxygen atoms in total. The molecule has 1 heterocycles. The van der Waals surface area contributed by atoms with Gasteiger partial charge in [-0.25, -0.2) is 4.79 Å². The average molecular weight is 268 g/mol. The van der Waals surface area contributed by atoms with Crippen LogP contribution in [0.5, 0.6) is 0 Å². The van der Waals surface area contributed by atoms with Crippen molar-refractivity contribution in [1.82, 2.24) is 20.4 Å². The molecule has 0 saturated heterocycles. The Balaban J connectivity index is 2.12. The van der Waals surface area contributed by atoms with Gasteiger partial charge in [-0.05, 0) is 12.5 Å². The summed E-state index contributed by atoms with van der Waals surface area (Å²) in [5.41, 5.74) is 1.04. The second-order valence-corrected chi connectivity index (χ2v) is 4.41. The van der Waals surface area contributed by atoms with Crippen LogP contribution in [0.2, 0.25) is 0 Å². The topological polar surface area (TPSA) is 96.3 Å². The minimum absolute atomic E-state index is 0.278. The van der Waals surface area contributed by atoms with Gasteiger partial charge >= 0.3 is 12.0 Å². The zero-order valence-corrected chi connectivity index (χ0v) is 11.2. The number of nitrogens with one attached hydrogen (secondary N) is 2. The number of aryl methyl sites for hydroxylation is 1. The molecule has 19 heavy (non-hydrogen) atoms. The molecule has 0 fully saturated rings. The number of aromatic nitrogens is 2. The second kappa shape index (κ2) is 7.40. The largest absolute Gasteiger partial charge is 0.481 e. The van der Waals surface area contributed by atoms with Crippen LogP contribution in [-0.4, -0.2) is 40.0 Å². The van der Waals surface area contributed by atoms with Crippen molar-refractivity contribution in [1.29, 1.82) is 0 Å². The first-order chi connectivity index (χ1) is 9.00. The Morgan fingerprint density at radius 2 is 2.11 bits per heavy atom. The summed E-state index contributed by atoms with van der Waals surface area (Å²) in [6.07, 6.45) is 2.84. The van der Waals surface area contributed by atoms with E-state index in [1.807, 2.05) is 13.1 Å². The third kappa shape index (κ3) is 5.41. The van der Waals surface area contributed by atoms with E-state index >= 15 is 0 Å². The van der Waals surface area contributed by atoms with Gasteiger partial charge in [0.25, 0.3) is 0 Å². The quantitative estimate of drug-likeness (QED) is 0.665. The number of rotatable bonds is 7. The average Bonchev–Trinajstić information content (AvgIpc) is 2.75. The number of nitrogens with zero attached hydrogens (tertiary/aromatic N) is 2. The van der Waals surface area contributed by atoms with Gasteiger partial charge in [0.1, 0.15) is 0 Å². The normalized spacial score (nSPS) is 11.9. The van der Waals surface area contributed by atoms with E-state index in [2.05, 4.69) is 15.7 Å². The molecule has 1 unspecified atom stereocenters. The Hall–Kier alpha value is -2.05. The van der Waals surface area contributed by atoms with Gasteiger partial charge in [-0.15, -0.1) is 0 Å². The van der Waals surface area contributed by atoms with Gasteiger partial charge in [0.2, 0.25) is 0 Å². The number of carboxylic acid groups (broad SMARTS) is 1. The molecule has 0 aromatic carbocycles. The van der Waals surface area contributed by atoms with Crippen molar-refractivity contribution in [2.24, 2.45) is 13.0 Å². The summed E-state index contributed by atoms with van der Waals surface area (Å²) in [4.78, 5) is 22.0. The molecule has 2 amide bonds. The summed E-state index contributed by atoms with van der Waals surface area (Å²) in [7, 11) is 1.85. The summed E-state index contributed by atoms with van der Waals surface area (Å²) in [6.45, 7) is 2.48. The van der Waals surface area contributed by atoms with Crippen LogP contribution in [0.4, 0.5) is 4.79 Å². The molecule has 1 rings (SSSR count). The van der Waals surface area contributed by atoms with Gasteiger partial charge in [0.05, 0.1) is 5.92 Å². The van der Waals surface area contributed by atoms with E-state index in [1.165, 1.54) is 0 Å². The molecular formula is C12H20N4O3. The predicted octanol–water partition coefficient (Wildman–Crippen LogP) is 0.373. The maximum absolute atomic E-state index is 11.4. The predicted molar refractivity (Wildman–Crippen MR) is 69.7 cm³/mol. The zero-order chi connectivity index (χ0) is 14.3. The highest BCUT2D eigenvalue weighted by Crippen LogP contribution is 1.99. The fraction of sp³-hybridized carbons (Fsp3) is 0.583. The third-order valence-electron chi connectivity index (χ3n) is 2.87. The van der Waals surface area contributed by atoms with Gasteiger partial charge in [-0.3, -0.25) is 9.48 Å². The van der Waals surface area contributed by atoms with Crippen LogP contribution >= 0.6 is 0 Å². The molecule has 0 bridgehead atoms. The Morgan fingerprint density at radius 3 is 2.68 bits per heavy atom. The van der Waals surface area contributed by atoms with Crippen LogP contribution in [0.3, 0.4) is 0 Å². The lowest BCUT2D eigenvalue weighted by atomic mass is 10.1. The number of carbonyl (C=O) groups is 2. The fourth-order valence-electron chi connectivity index (χ4n) is 1.54. The van der Waals surface area contributed by atoms with Crippen LogP contribution in [0, 0.1) is 5.92 Å². The van der Waals surface area contributed by atoms with Gasteiger partial charge in [0, 0.05) is 38.4 Å². The van der Waals surface area contributed by atoms with Gasteiger partial charge in [-0.1, -0.05) is 6.92 Å². The molecule has 0 saturated carbocycles. The minimum Gasteiger partial charge on any atom is -0.481 e. The Kier molecular flexibility index (Phi) is 5.84. The third-order valence-corrected chi connectivity index (χ3v) is 2.87. The maximum atomic E-state index is 11.4. The zero-order valence-electron chi connectivity index (χ0n) is 11.2. The smallest absolute Gasteiger partial charge is 0.314 e. The van der Waals surface area contributed by atoms with Crippen molar-refractivity contribution < 1.29 is 14.7 Å². The van der Waals surface area contributed by atoms with E-state index in [1.54, 1.807) is 17.8 Å². The number of aliphatic carboxylic acids is 1. The first-order valence-electron chi connectivity index (χ1n) is 6.22. The lowest BCUT2D eigenvalue weighted by Crippen LogP contribution is -2.38. The van der Waals surface area contributed by atoms with Crippen LogP contribution in [0.1, 0.15) is 19.0 Å². The molecular weight excluding hydrogens is 248 g/mol. The molecule has 7 heteroatoms. The van der Waals surface area contributed by atoms with Gasteiger partial charge in [0.15, 0.2) is 0 Å². The number of carbonyl (C=O) groups excluding carboxylic acids is 1. The van der Waals surface area contributed by atoms with E-state index in [9.17, 15) is 9.59 Å². The van der Waals surface area contributed by atoms with E-state index in [4.69, 9.17) is 5.11 Å². The van der Waals surface area contributed by atoms with Crippen molar-refractivity contribution >= 4 is 12.0 Å². The fourth-order valence-corrected chi connectivity index (χ4v) is 1.54. The number of amides is 2. The summed E-state index contributed by atoms with van der Waals surface area (Å²) < 4.78 is 1.76. The molecule has 0 spiro atoms. The monoisotopic (exact) mass is 268 g/mol. The first kappa shape index (κ1) is 15.0. The maximum Gasteiger partial charge on any atom is 0.314 e. The molecule has 0 aliphatic carbocycles. The molecule has 3 N–H and O–H groups in total. The van der Waals surface area contributed by atoms with E-state index in [0.29, 0.717) is 25.9 Å². The van der Waals surface area contributed by atoms with Crippen molar-refractivity contribution in [2.75, 3.05) is 13.1 Å². The molecule has 1 atom stereocenters. The summed E-state index contributed by atoms with van der Waals surface area (Å²) >= 11 is 0. The van der Waals surface area contributed by atoms with Crippen LogP contribution in [0.25, 0.3) is 0 Å². The van der Waals surface area contributed by atoms with Crippen LogP contribution < -0.4 is 10.6 Å². The number of urea groups is 1. The lowest BCUT2D eigenvalue weighted by molar-refractivity contribution is -0.141. The molecule has 106 valence electrons. The summed E-state index contributed by atoms with van der Waals surface area (Å²) in [6, 6.07) is 1.62. The Bertz CT molecular complexity index is 430. The van der Waals surface area contributed by atoms with Gasteiger partial charge < -0.3 is 15.7 Å². The van der Waals surface area contributed by atoms with Crippen molar-refractivity contribution in [3.63, 3.8) is 0 Å². The van der Waals surface area contributed by atoms with Gasteiger partial charge in [-0.2, -0.15) is 5.10 Å². The number of carboxylic acids is 1. The Labute approximate surface area is 112 Å². The number of hydrogen-bond acceptors (Lipinski definition) is 3. The SMILES string of the molecule is CC(CCNC(=O)NCCc1ccnn1C)C(=O)O. The minimum atomic E-state index is -0.849. The molecule has 0 aliphatic heterocycles. The van der Waals surface area contributed by atoms with E-state index < -0.39 is 11.9 Å². The van der Waals surface area contributed by atoms with Crippen molar-refractivity contribution in [3.8, 4) is 0 Å². The molecule has 1 aromatic heterocycles. The summed E-state index contributed by atoms with van der Waals surface area (Å²) in [5, 5.41) is 18.1. The summed E-state index contributed by atoms with van der Waals surface area (Å²) in [5.74, 6) is -1.30. The Morgan fingerprint density at radius 1 is 1.42 bits per heavy atom. The van der Waals surface area contributed by atoms with Crippen LogP contribution in [-0.2, 0) is 18.3 Å². The molecule has 0 aliphatic rings.